The third-order valence-electron chi connectivity index (χ3n) is 5.49. The molecule has 1 aromatic rings. The van der Waals surface area contributed by atoms with Crippen LogP contribution >= 0.6 is 0 Å². The Hall–Kier alpha value is -1.35. The van der Waals surface area contributed by atoms with E-state index in [0.717, 1.165) is 31.4 Å². The summed E-state index contributed by atoms with van der Waals surface area (Å²) >= 11 is 0. The maximum absolute atomic E-state index is 13.9. The molecule has 1 saturated carbocycles. The van der Waals surface area contributed by atoms with Crippen LogP contribution in [0.1, 0.15) is 56.6 Å². The van der Waals surface area contributed by atoms with E-state index < -0.39 is 5.82 Å². The van der Waals surface area contributed by atoms with Crippen LogP contribution in [-0.4, -0.2) is 17.3 Å². The van der Waals surface area contributed by atoms with Crippen LogP contribution in [0.4, 0.5) is 4.39 Å². The van der Waals surface area contributed by atoms with E-state index in [-0.39, 0.29) is 11.4 Å². The second kappa shape index (κ2) is 7.04. The summed E-state index contributed by atoms with van der Waals surface area (Å²) in [6.07, 6.45) is 12.9. The van der Waals surface area contributed by atoms with Crippen LogP contribution in [0.2, 0.25) is 0 Å². The Morgan fingerprint density at radius 2 is 2.09 bits per heavy atom. The molecule has 1 atom stereocenters. The molecule has 3 heteroatoms. The summed E-state index contributed by atoms with van der Waals surface area (Å²) in [4.78, 5) is 0. The zero-order valence-electron chi connectivity index (χ0n) is 14.0. The van der Waals surface area contributed by atoms with E-state index in [1.165, 1.54) is 31.7 Å². The number of halogens is 1. The Morgan fingerprint density at radius 1 is 1.30 bits per heavy atom. The largest absolute Gasteiger partial charge is 0.505 e. The Bertz CT molecular complexity index is 575. The number of aryl methyl sites for hydroxylation is 2. The van der Waals surface area contributed by atoms with Crippen molar-refractivity contribution in [3.63, 3.8) is 0 Å². The van der Waals surface area contributed by atoms with Crippen LogP contribution in [0.5, 0.6) is 5.75 Å². The van der Waals surface area contributed by atoms with Crippen LogP contribution in [0.15, 0.2) is 24.3 Å². The lowest BCUT2D eigenvalue weighted by atomic mass is 9.79. The molecule has 1 N–H and O–H groups in total. The molecule has 0 amide bonds. The highest BCUT2D eigenvalue weighted by Crippen LogP contribution is 2.42. The predicted octanol–water partition coefficient (Wildman–Crippen LogP) is 4.93. The number of phenolic OH excluding ortho intramolecular Hbond substituents is 1. The van der Waals surface area contributed by atoms with Gasteiger partial charge < -0.3 is 9.84 Å². The van der Waals surface area contributed by atoms with Gasteiger partial charge >= 0.3 is 0 Å². The normalized spacial score (nSPS) is 25.1. The number of hydrogen-bond acceptors (Lipinski definition) is 2. The number of benzene rings is 1. The number of hydrogen-bond donors (Lipinski definition) is 1. The van der Waals surface area contributed by atoms with Gasteiger partial charge in [0.15, 0.2) is 11.6 Å². The second-order valence-corrected chi connectivity index (χ2v) is 6.91. The Morgan fingerprint density at radius 3 is 2.74 bits per heavy atom. The van der Waals surface area contributed by atoms with Crippen molar-refractivity contribution < 1.29 is 14.2 Å². The van der Waals surface area contributed by atoms with E-state index in [4.69, 9.17) is 4.74 Å². The smallest absolute Gasteiger partial charge is 0.165 e. The van der Waals surface area contributed by atoms with Gasteiger partial charge in [-0.1, -0.05) is 38.0 Å². The van der Waals surface area contributed by atoms with Crippen molar-refractivity contribution in [3.8, 4) is 5.75 Å². The van der Waals surface area contributed by atoms with Gasteiger partial charge in [0.2, 0.25) is 0 Å². The van der Waals surface area contributed by atoms with E-state index in [9.17, 15) is 9.50 Å². The van der Waals surface area contributed by atoms with Crippen molar-refractivity contribution in [1.29, 1.82) is 0 Å². The zero-order chi connectivity index (χ0) is 16.3. The molecule has 2 aliphatic rings. The van der Waals surface area contributed by atoms with Gasteiger partial charge in [0.1, 0.15) is 0 Å². The van der Waals surface area contributed by atoms with Crippen molar-refractivity contribution in [2.24, 2.45) is 5.92 Å². The SMILES string of the molecule is CCc1cc(CCC2(C3CCCC3)C=CCCO2)cc(F)c1O. The lowest BCUT2D eigenvalue weighted by molar-refractivity contribution is -0.0601. The van der Waals surface area contributed by atoms with Crippen molar-refractivity contribution in [1.82, 2.24) is 0 Å². The molecule has 23 heavy (non-hydrogen) atoms. The Kier molecular flexibility index (Phi) is 5.05. The summed E-state index contributed by atoms with van der Waals surface area (Å²) in [6, 6.07) is 3.41. The van der Waals surface area contributed by atoms with Gasteiger partial charge in [-0.25, -0.2) is 4.39 Å². The topological polar surface area (TPSA) is 29.5 Å². The molecule has 0 saturated heterocycles. The fraction of sp³-hybridized carbons (Fsp3) is 0.600. The first kappa shape index (κ1) is 16.5. The maximum atomic E-state index is 13.9. The third-order valence-corrected chi connectivity index (χ3v) is 5.49. The molecule has 1 fully saturated rings. The number of phenols is 1. The van der Waals surface area contributed by atoms with Crippen molar-refractivity contribution in [2.45, 2.75) is 63.9 Å². The van der Waals surface area contributed by atoms with E-state index in [0.29, 0.717) is 17.9 Å². The van der Waals surface area contributed by atoms with Gasteiger partial charge in [-0.2, -0.15) is 0 Å². The first-order chi connectivity index (χ1) is 11.1. The summed E-state index contributed by atoms with van der Waals surface area (Å²) < 4.78 is 20.1. The molecule has 0 spiro atoms. The van der Waals surface area contributed by atoms with Gasteiger partial charge in [0, 0.05) is 0 Å². The second-order valence-electron chi connectivity index (χ2n) is 6.91. The summed E-state index contributed by atoms with van der Waals surface area (Å²) in [5, 5.41) is 9.75. The van der Waals surface area contributed by atoms with Gasteiger partial charge in [-0.05, 0) is 61.6 Å². The maximum Gasteiger partial charge on any atom is 0.165 e. The molecule has 0 bridgehead atoms. The molecule has 1 aliphatic heterocycles. The molecule has 1 aliphatic carbocycles. The van der Waals surface area contributed by atoms with Crippen molar-refractivity contribution >= 4 is 0 Å². The molecule has 1 aromatic carbocycles. The first-order valence-corrected chi connectivity index (χ1v) is 8.96. The molecule has 2 nitrogen and oxygen atoms in total. The highest BCUT2D eigenvalue weighted by atomic mass is 19.1. The molecule has 0 aromatic heterocycles. The summed E-state index contributed by atoms with van der Waals surface area (Å²) in [5.74, 6) is -0.114. The van der Waals surface area contributed by atoms with Gasteiger partial charge in [-0.15, -0.1) is 0 Å². The predicted molar refractivity (Wildman–Crippen MR) is 90.2 cm³/mol. The van der Waals surface area contributed by atoms with E-state index in [1.807, 2.05) is 13.0 Å². The molecule has 3 rings (SSSR count). The average molecular weight is 318 g/mol. The Labute approximate surface area is 138 Å². The fourth-order valence-corrected chi connectivity index (χ4v) is 4.15. The van der Waals surface area contributed by atoms with Gasteiger partial charge in [0.25, 0.3) is 0 Å². The summed E-state index contributed by atoms with van der Waals surface area (Å²) in [6.45, 7) is 2.72. The van der Waals surface area contributed by atoms with Crippen LogP contribution in [0, 0.1) is 11.7 Å². The third kappa shape index (κ3) is 3.45. The quantitative estimate of drug-likeness (QED) is 0.780. The monoisotopic (exact) mass is 318 g/mol. The standard InChI is InChI=1S/C20H27FO2/c1-2-16-13-15(14-18(21)19(16)22)9-11-20(10-5-6-12-23-20)17-7-3-4-8-17/h5,10,13-14,17,22H,2-4,6-9,11-12H2,1H3. The number of rotatable bonds is 5. The number of ether oxygens (including phenoxy) is 1. The lowest BCUT2D eigenvalue weighted by Crippen LogP contribution is -2.40. The van der Waals surface area contributed by atoms with Crippen LogP contribution in [0.3, 0.4) is 0 Å². The summed E-state index contributed by atoms with van der Waals surface area (Å²) in [5.41, 5.74) is 1.47. The van der Waals surface area contributed by atoms with Crippen molar-refractivity contribution in [3.05, 3.63) is 41.2 Å². The molecular formula is C20H27FO2. The highest BCUT2D eigenvalue weighted by Gasteiger charge is 2.39. The molecule has 0 radical (unpaired) electrons. The molecule has 126 valence electrons. The number of aromatic hydroxyl groups is 1. The van der Waals surface area contributed by atoms with E-state index in [2.05, 4.69) is 12.2 Å². The van der Waals surface area contributed by atoms with E-state index in [1.54, 1.807) is 0 Å². The molecular weight excluding hydrogens is 291 g/mol. The zero-order valence-corrected chi connectivity index (χ0v) is 14.0. The Balaban J connectivity index is 1.78. The minimum atomic E-state index is -0.505. The minimum Gasteiger partial charge on any atom is -0.505 e. The van der Waals surface area contributed by atoms with Crippen LogP contribution < -0.4 is 0 Å². The lowest BCUT2D eigenvalue weighted by Gasteiger charge is -2.39. The van der Waals surface area contributed by atoms with Crippen LogP contribution in [0.25, 0.3) is 0 Å². The van der Waals surface area contributed by atoms with Gasteiger partial charge in [-0.3, -0.25) is 0 Å². The van der Waals surface area contributed by atoms with Gasteiger partial charge in [0.05, 0.1) is 12.2 Å². The first-order valence-electron chi connectivity index (χ1n) is 8.96. The highest BCUT2D eigenvalue weighted by molar-refractivity contribution is 5.38. The van der Waals surface area contributed by atoms with Crippen LogP contribution in [-0.2, 0) is 17.6 Å². The van der Waals surface area contributed by atoms with Crippen molar-refractivity contribution in [2.75, 3.05) is 6.61 Å². The fourth-order valence-electron chi connectivity index (χ4n) is 4.15. The van der Waals surface area contributed by atoms with E-state index >= 15 is 0 Å². The minimum absolute atomic E-state index is 0.171. The summed E-state index contributed by atoms with van der Waals surface area (Å²) in [7, 11) is 0. The molecule has 1 unspecified atom stereocenters. The average Bonchev–Trinajstić information content (AvgIpc) is 3.12. The molecule has 1 heterocycles.